The summed E-state index contributed by atoms with van der Waals surface area (Å²) in [5.41, 5.74) is 4.27. The maximum atomic E-state index is 10.2. The second-order valence-electron chi connectivity index (χ2n) is 9.32. The molecule has 1 saturated carbocycles. The molecule has 2 N–H and O–H groups in total. The van der Waals surface area contributed by atoms with Crippen LogP contribution < -0.4 is 5.32 Å². The number of nitrogens with one attached hydrogen (secondary N) is 1. The third-order valence-electron chi connectivity index (χ3n) is 6.79. The number of fused-ring (bicyclic) bond motifs is 1. The van der Waals surface area contributed by atoms with Crippen LogP contribution in [0.1, 0.15) is 50.8 Å². The first-order valence-electron chi connectivity index (χ1n) is 11.5. The fraction of sp³-hybridized carbons (Fsp3) is 0.609. The first-order valence-corrected chi connectivity index (χ1v) is 11.5. The Morgan fingerprint density at radius 1 is 1.31 bits per heavy atom. The Hall–Kier alpha value is -2.49. The summed E-state index contributed by atoms with van der Waals surface area (Å²) < 4.78 is 14.6. The Morgan fingerprint density at radius 3 is 2.88 bits per heavy atom. The van der Waals surface area contributed by atoms with Crippen LogP contribution in [0.3, 0.4) is 0 Å². The molecule has 9 nitrogen and oxygen atoms in total. The predicted molar refractivity (Wildman–Crippen MR) is 121 cm³/mol. The number of hydrogen-bond donors (Lipinski definition) is 2. The third-order valence-corrected chi connectivity index (χ3v) is 6.79. The molecule has 0 radical (unpaired) electrons. The van der Waals surface area contributed by atoms with Gasteiger partial charge < -0.3 is 19.9 Å². The van der Waals surface area contributed by atoms with E-state index in [1.807, 2.05) is 28.5 Å². The molecule has 1 saturated heterocycles. The Balaban J connectivity index is 1.54. The summed E-state index contributed by atoms with van der Waals surface area (Å²) in [7, 11) is 1.69. The van der Waals surface area contributed by atoms with Crippen molar-refractivity contribution >= 4 is 11.5 Å². The Morgan fingerprint density at radius 2 is 2.16 bits per heavy atom. The van der Waals surface area contributed by atoms with E-state index < -0.39 is 0 Å². The van der Waals surface area contributed by atoms with Gasteiger partial charge in [-0.15, -0.1) is 5.10 Å². The number of ether oxygens (including phenoxy) is 2. The molecular weight excluding hydrogens is 408 g/mol. The molecule has 3 aromatic heterocycles. The molecule has 0 bridgehead atoms. The summed E-state index contributed by atoms with van der Waals surface area (Å²) in [5, 5.41) is 23.0. The average molecular weight is 441 g/mol. The van der Waals surface area contributed by atoms with Crippen LogP contribution in [0.15, 0.2) is 24.7 Å². The molecule has 9 heteroatoms. The van der Waals surface area contributed by atoms with Crippen LogP contribution >= 0.6 is 0 Å². The largest absolute Gasteiger partial charge is 0.393 e. The van der Waals surface area contributed by atoms with Crippen LogP contribution in [0.25, 0.3) is 16.6 Å². The third kappa shape index (κ3) is 4.00. The first-order chi connectivity index (χ1) is 15.5. The molecule has 0 amide bonds. The second kappa shape index (κ2) is 8.80. The van der Waals surface area contributed by atoms with E-state index in [0.717, 1.165) is 35.9 Å². The summed E-state index contributed by atoms with van der Waals surface area (Å²) in [6.45, 7) is 6.17. The molecule has 1 aliphatic heterocycles. The van der Waals surface area contributed by atoms with Gasteiger partial charge in [0.25, 0.3) is 0 Å². The Kier molecular flexibility index (Phi) is 5.88. The lowest BCUT2D eigenvalue weighted by Gasteiger charge is -2.30. The normalized spacial score (nSPS) is 25.1. The molecule has 3 aromatic rings. The number of rotatable bonds is 7. The number of methoxy groups -OCH3 is 1. The molecule has 0 unspecified atom stereocenters. The van der Waals surface area contributed by atoms with Crippen molar-refractivity contribution in [1.82, 2.24) is 24.4 Å². The molecule has 0 spiro atoms. The molecule has 0 aromatic carbocycles. The number of aliphatic hydroxyl groups is 1. The second-order valence-corrected chi connectivity index (χ2v) is 9.32. The molecular formula is C23H32N6O3. The number of aromatic nitrogens is 5. The van der Waals surface area contributed by atoms with Crippen molar-refractivity contribution in [1.29, 1.82) is 0 Å². The molecule has 2 aliphatic rings. The van der Waals surface area contributed by atoms with Gasteiger partial charge in [-0.1, -0.05) is 6.92 Å². The van der Waals surface area contributed by atoms with Crippen molar-refractivity contribution < 1.29 is 14.6 Å². The van der Waals surface area contributed by atoms with Crippen LogP contribution in [0.4, 0.5) is 5.95 Å². The fourth-order valence-electron chi connectivity index (χ4n) is 4.82. The molecule has 1 aliphatic carbocycles. The van der Waals surface area contributed by atoms with Crippen molar-refractivity contribution in [3.63, 3.8) is 0 Å². The summed E-state index contributed by atoms with van der Waals surface area (Å²) in [6.07, 6.45) is 8.37. The van der Waals surface area contributed by atoms with Crippen molar-refractivity contribution in [3.8, 4) is 11.1 Å². The summed E-state index contributed by atoms with van der Waals surface area (Å²) in [4.78, 5) is 4.58. The number of nitrogens with zero attached hydrogens (tertiary/aromatic N) is 5. The average Bonchev–Trinajstić information content (AvgIpc) is 3.34. The summed E-state index contributed by atoms with van der Waals surface area (Å²) in [5.74, 6) is 1.19. The lowest BCUT2D eigenvalue weighted by atomic mass is 9.79. The highest BCUT2D eigenvalue weighted by molar-refractivity contribution is 5.81. The van der Waals surface area contributed by atoms with Gasteiger partial charge in [-0.25, -0.2) is 9.50 Å². The molecule has 4 atom stereocenters. The van der Waals surface area contributed by atoms with Crippen LogP contribution in [-0.2, 0) is 9.47 Å². The lowest BCUT2D eigenvalue weighted by molar-refractivity contribution is -0.0286. The predicted octanol–water partition coefficient (Wildman–Crippen LogP) is 2.88. The standard InChI is InChI=1S/C23H32N6O3/c1-14-6-16(4-5-22(14)30)20-7-19(17-8-25-28(10-17)18-12-32-13-18)21-9-24-23(27-29(20)21)26-15(2)11-31-3/h7-10,14-16,18,22,30H,4-6,11-13H2,1-3H3,(H,26,27)/t14-,15+,16-,22-/m1/s1. The maximum Gasteiger partial charge on any atom is 0.241 e. The quantitative estimate of drug-likeness (QED) is 0.583. The smallest absolute Gasteiger partial charge is 0.241 e. The van der Waals surface area contributed by atoms with E-state index in [1.165, 1.54) is 5.69 Å². The van der Waals surface area contributed by atoms with E-state index in [4.69, 9.17) is 14.6 Å². The molecule has 2 fully saturated rings. The van der Waals surface area contributed by atoms with Gasteiger partial charge >= 0.3 is 0 Å². The number of aliphatic hydroxyl groups excluding tert-OH is 1. The highest BCUT2D eigenvalue weighted by atomic mass is 16.5. The van der Waals surface area contributed by atoms with Gasteiger partial charge in [0.05, 0.1) is 49.9 Å². The maximum absolute atomic E-state index is 10.2. The minimum atomic E-state index is -0.221. The lowest BCUT2D eigenvalue weighted by Crippen LogP contribution is -2.30. The zero-order valence-corrected chi connectivity index (χ0v) is 18.9. The monoisotopic (exact) mass is 440 g/mol. The van der Waals surface area contributed by atoms with Crippen molar-refractivity contribution in [2.24, 2.45) is 5.92 Å². The van der Waals surface area contributed by atoms with Crippen molar-refractivity contribution in [3.05, 3.63) is 30.4 Å². The van der Waals surface area contributed by atoms with Gasteiger partial charge in [0, 0.05) is 42.1 Å². The fourth-order valence-corrected chi connectivity index (χ4v) is 4.82. The van der Waals surface area contributed by atoms with Crippen LogP contribution in [0.5, 0.6) is 0 Å². The van der Waals surface area contributed by atoms with E-state index in [2.05, 4.69) is 34.6 Å². The minimum absolute atomic E-state index is 0.101. The van der Waals surface area contributed by atoms with Crippen LogP contribution in [-0.4, -0.2) is 68.6 Å². The molecule has 5 rings (SSSR count). The highest BCUT2D eigenvalue weighted by Gasteiger charge is 2.30. The van der Waals surface area contributed by atoms with E-state index in [0.29, 0.717) is 37.7 Å². The van der Waals surface area contributed by atoms with Crippen molar-refractivity contribution in [2.75, 3.05) is 32.2 Å². The van der Waals surface area contributed by atoms with E-state index in [-0.39, 0.29) is 18.1 Å². The van der Waals surface area contributed by atoms with Crippen molar-refractivity contribution in [2.45, 2.75) is 57.2 Å². The zero-order chi connectivity index (χ0) is 22.2. The minimum Gasteiger partial charge on any atom is -0.393 e. The molecule has 4 heterocycles. The van der Waals surface area contributed by atoms with Gasteiger partial charge in [-0.2, -0.15) is 5.10 Å². The van der Waals surface area contributed by atoms with Gasteiger partial charge in [-0.3, -0.25) is 4.68 Å². The van der Waals surface area contributed by atoms with E-state index in [1.54, 1.807) is 7.11 Å². The molecule has 32 heavy (non-hydrogen) atoms. The number of hydrogen-bond acceptors (Lipinski definition) is 7. The van der Waals surface area contributed by atoms with Crippen LogP contribution in [0, 0.1) is 5.92 Å². The van der Waals surface area contributed by atoms with Gasteiger partial charge in [0.15, 0.2) is 0 Å². The van der Waals surface area contributed by atoms with Gasteiger partial charge in [0.1, 0.15) is 0 Å². The van der Waals surface area contributed by atoms with E-state index in [9.17, 15) is 5.11 Å². The van der Waals surface area contributed by atoms with E-state index >= 15 is 0 Å². The Labute approximate surface area is 187 Å². The number of anilines is 1. The summed E-state index contributed by atoms with van der Waals surface area (Å²) in [6, 6.07) is 2.65. The zero-order valence-electron chi connectivity index (χ0n) is 18.9. The Bertz CT molecular complexity index is 1080. The topological polar surface area (TPSA) is 98.7 Å². The van der Waals surface area contributed by atoms with Crippen LogP contribution in [0.2, 0.25) is 0 Å². The first kappa shape index (κ1) is 21.4. The SMILES string of the molecule is COC[C@H](C)Nc1ncc2c(-c3cnn(C4COC4)c3)cc([C@@H]3CC[C@@H](O)[C@H](C)C3)n2n1. The molecule has 172 valence electrons. The van der Waals surface area contributed by atoms with Gasteiger partial charge in [-0.05, 0) is 38.2 Å². The summed E-state index contributed by atoms with van der Waals surface area (Å²) >= 11 is 0. The highest BCUT2D eigenvalue weighted by Crippen LogP contribution is 2.39. The van der Waals surface area contributed by atoms with Gasteiger partial charge in [0.2, 0.25) is 5.95 Å².